The van der Waals surface area contributed by atoms with Crippen molar-refractivity contribution in [2.75, 3.05) is 5.32 Å². The van der Waals surface area contributed by atoms with E-state index < -0.39 is 0 Å². The Hall–Kier alpha value is -3.15. The summed E-state index contributed by atoms with van der Waals surface area (Å²) in [6, 6.07) is 9.75. The molecule has 0 aliphatic heterocycles. The van der Waals surface area contributed by atoms with Crippen LogP contribution in [0.2, 0.25) is 0 Å². The fourth-order valence-corrected chi connectivity index (χ4v) is 3.33. The molecule has 134 valence electrons. The summed E-state index contributed by atoms with van der Waals surface area (Å²) in [5.41, 5.74) is 5.52. The van der Waals surface area contributed by atoms with E-state index in [0.717, 1.165) is 17.1 Å². The second-order valence-corrected chi connectivity index (χ2v) is 6.43. The number of rotatable bonds is 4. The molecule has 1 amide bonds. The molecule has 0 aliphatic rings. The molecule has 3 rings (SSSR count). The van der Waals surface area contributed by atoms with Gasteiger partial charge in [-0.3, -0.25) is 9.59 Å². The van der Waals surface area contributed by atoms with Crippen molar-refractivity contribution in [1.29, 1.82) is 0 Å². The summed E-state index contributed by atoms with van der Waals surface area (Å²) in [6.07, 6.45) is 0. The Kier molecular flexibility index (Phi) is 4.50. The Labute approximate surface area is 152 Å². The largest absolute Gasteiger partial charge is 0.354 e. The lowest BCUT2D eigenvalue weighted by atomic mass is 10.1. The third-order valence-electron chi connectivity index (χ3n) is 4.55. The molecule has 2 heterocycles. The van der Waals surface area contributed by atoms with E-state index in [1.54, 1.807) is 18.5 Å². The van der Waals surface area contributed by atoms with Crippen molar-refractivity contribution in [2.24, 2.45) is 0 Å². The van der Waals surface area contributed by atoms with E-state index in [4.69, 9.17) is 0 Å². The van der Waals surface area contributed by atoms with Crippen molar-refractivity contribution in [2.45, 2.75) is 34.6 Å². The topological polar surface area (TPSA) is 79.8 Å². The van der Waals surface area contributed by atoms with E-state index in [1.807, 2.05) is 44.2 Å². The van der Waals surface area contributed by atoms with Crippen molar-refractivity contribution in [3.05, 3.63) is 64.2 Å². The van der Waals surface area contributed by atoms with Crippen LogP contribution in [0.25, 0.3) is 5.69 Å². The van der Waals surface area contributed by atoms with Gasteiger partial charge in [0.2, 0.25) is 0 Å². The molecule has 0 saturated carbocycles. The number of hydrogen-bond acceptors (Lipinski definition) is 3. The number of carbonyl (C=O) groups excluding carboxylic acids is 2. The lowest BCUT2D eigenvalue weighted by Gasteiger charge is -2.07. The average molecular weight is 350 g/mol. The number of anilines is 1. The molecule has 0 bridgehead atoms. The van der Waals surface area contributed by atoms with Crippen LogP contribution < -0.4 is 5.32 Å². The van der Waals surface area contributed by atoms with Crippen molar-refractivity contribution in [3.8, 4) is 5.69 Å². The number of amides is 1. The van der Waals surface area contributed by atoms with Gasteiger partial charge in [0.25, 0.3) is 5.91 Å². The Bertz CT molecular complexity index is 997. The predicted octanol–water partition coefficient (Wildman–Crippen LogP) is 3.89. The van der Waals surface area contributed by atoms with Crippen LogP contribution in [-0.4, -0.2) is 26.5 Å². The fraction of sp³-hybridized carbons (Fsp3) is 0.250. The lowest BCUT2D eigenvalue weighted by molar-refractivity contribution is 0.101. The first-order chi connectivity index (χ1) is 12.3. The van der Waals surface area contributed by atoms with Gasteiger partial charge in [-0.05, 0) is 52.3 Å². The number of H-pyrrole nitrogens is 1. The Morgan fingerprint density at radius 2 is 1.73 bits per heavy atom. The van der Waals surface area contributed by atoms with Crippen LogP contribution in [0.4, 0.5) is 5.69 Å². The van der Waals surface area contributed by atoms with Crippen molar-refractivity contribution < 1.29 is 9.59 Å². The van der Waals surface area contributed by atoms with Gasteiger partial charge in [-0.1, -0.05) is 18.2 Å². The van der Waals surface area contributed by atoms with Gasteiger partial charge in [0, 0.05) is 11.3 Å². The summed E-state index contributed by atoms with van der Waals surface area (Å²) in [6.45, 7) is 8.85. The zero-order valence-corrected chi connectivity index (χ0v) is 15.6. The molecule has 0 spiro atoms. The first kappa shape index (κ1) is 17.7. The normalized spacial score (nSPS) is 10.8. The molecule has 1 aromatic carbocycles. The lowest BCUT2D eigenvalue weighted by Crippen LogP contribution is -2.15. The van der Waals surface area contributed by atoms with Crippen molar-refractivity contribution in [1.82, 2.24) is 14.8 Å². The van der Waals surface area contributed by atoms with Crippen LogP contribution >= 0.6 is 0 Å². The number of carbonyl (C=O) groups is 2. The number of ketones is 1. The first-order valence-electron chi connectivity index (χ1n) is 8.44. The molecule has 0 fully saturated rings. The molecule has 0 aliphatic carbocycles. The van der Waals surface area contributed by atoms with E-state index in [1.165, 1.54) is 6.92 Å². The number of hydrogen-bond donors (Lipinski definition) is 2. The summed E-state index contributed by atoms with van der Waals surface area (Å²) in [5.74, 6) is -0.337. The smallest absolute Gasteiger partial charge is 0.272 e. The van der Waals surface area contributed by atoms with Gasteiger partial charge >= 0.3 is 0 Å². The summed E-state index contributed by atoms with van der Waals surface area (Å²) < 4.78 is 1.80. The number of nitrogens with zero attached hydrogens (tertiary/aromatic N) is 2. The van der Waals surface area contributed by atoms with Crippen LogP contribution in [0.3, 0.4) is 0 Å². The van der Waals surface area contributed by atoms with Crippen LogP contribution in [-0.2, 0) is 0 Å². The number of para-hydroxylation sites is 1. The standard InChI is InChI=1S/C20H22N4O2/c1-11-17(15(5)25)12(2)21-18(11)20(26)22-19-13(3)23-24(14(19)4)16-9-7-6-8-10-16/h6-10,21H,1-5H3,(H,22,26). The summed E-state index contributed by atoms with van der Waals surface area (Å²) in [7, 11) is 0. The van der Waals surface area contributed by atoms with Crippen LogP contribution in [0, 0.1) is 27.7 Å². The zero-order valence-electron chi connectivity index (χ0n) is 15.6. The molecular formula is C20H22N4O2. The maximum absolute atomic E-state index is 12.8. The van der Waals surface area contributed by atoms with Gasteiger partial charge in [0.1, 0.15) is 5.69 Å². The Balaban J connectivity index is 1.95. The number of aromatic amines is 1. The van der Waals surface area contributed by atoms with Gasteiger partial charge in [-0.2, -0.15) is 5.10 Å². The minimum Gasteiger partial charge on any atom is -0.354 e. The summed E-state index contributed by atoms with van der Waals surface area (Å²) in [5, 5.41) is 7.48. The first-order valence-corrected chi connectivity index (χ1v) is 8.44. The Morgan fingerprint density at radius 3 is 2.31 bits per heavy atom. The molecule has 6 heteroatoms. The van der Waals surface area contributed by atoms with Gasteiger partial charge in [0.15, 0.2) is 5.78 Å². The van der Waals surface area contributed by atoms with Gasteiger partial charge in [-0.15, -0.1) is 0 Å². The van der Waals surface area contributed by atoms with E-state index in [2.05, 4.69) is 15.4 Å². The maximum atomic E-state index is 12.8. The number of aromatic nitrogens is 3. The minimum absolute atomic E-state index is 0.0560. The van der Waals surface area contributed by atoms with Crippen molar-refractivity contribution >= 4 is 17.4 Å². The molecule has 6 nitrogen and oxygen atoms in total. The van der Waals surface area contributed by atoms with Gasteiger partial charge in [-0.25, -0.2) is 4.68 Å². The second kappa shape index (κ2) is 6.63. The fourth-order valence-electron chi connectivity index (χ4n) is 3.33. The third kappa shape index (κ3) is 2.94. The molecule has 26 heavy (non-hydrogen) atoms. The van der Waals surface area contributed by atoms with E-state index in [0.29, 0.717) is 28.2 Å². The maximum Gasteiger partial charge on any atom is 0.272 e. The average Bonchev–Trinajstić information content (AvgIpc) is 3.05. The molecule has 0 unspecified atom stereocenters. The second-order valence-electron chi connectivity index (χ2n) is 6.43. The molecule has 0 radical (unpaired) electrons. The van der Waals surface area contributed by atoms with Crippen LogP contribution in [0.5, 0.6) is 0 Å². The van der Waals surface area contributed by atoms with Crippen molar-refractivity contribution in [3.63, 3.8) is 0 Å². The summed E-state index contributed by atoms with van der Waals surface area (Å²) in [4.78, 5) is 27.6. The molecule has 2 N–H and O–H groups in total. The highest BCUT2D eigenvalue weighted by Gasteiger charge is 2.22. The highest BCUT2D eigenvalue weighted by Crippen LogP contribution is 2.25. The number of aryl methyl sites for hydroxylation is 2. The molecule has 3 aromatic rings. The molecular weight excluding hydrogens is 328 g/mol. The number of Topliss-reactive ketones (excluding diaryl/α,β-unsaturated/α-hetero) is 1. The quantitative estimate of drug-likeness (QED) is 0.701. The Morgan fingerprint density at radius 1 is 1.08 bits per heavy atom. The number of nitrogens with one attached hydrogen (secondary N) is 2. The van der Waals surface area contributed by atoms with Crippen LogP contribution in [0.1, 0.15) is 50.4 Å². The van der Waals surface area contributed by atoms with E-state index in [9.17, 15) is 9.59 Å². The predicted molar refractivity (Wildman–Crippen MR) is 101 cm³/mol. The highest BCUT2D eigenvalue weighted by molar-refractivity contribution is 6.08. The van der Waals surface area contributed by atoms with Gasteiger partial charge < -0.3 is 10.3 Å². The monoisotopic (exact) mass is 350 g/mol. The number of benzene rings is 1. The molecule has 2 aromatic heterocycles. The van der Waals surface area contributed by atoms with Gasteiger partial charge in [0.05, 0.1) is 22.8 Å². The zero-order chi connectivity index (χ0) is 19.0. The molecule has 0 atom stereocenters. The minimum atomic E-state index is -0.281. The molecule has 0 saturated heterocycles. The van der Waals surface area contributed by atoms with E-state index >= 15 is 0 Å². The highest BCUT2D eigenvalue weighted by atomic mass is 16.2. The van der Waals surface area contributed by atoms with Crippen LogP contribution in [0.15, 0.2) is 30.3 Å². The summed E-state index contributed by atoms with van der Waals surface area (Å²) >= 11 is 0. The third-order valence-corrected chi connectivity index (χ3v) is 4.55. The van der Waals surface area contributed by atoms with E-state index in [-0.39, 0.29) is 11.7 Å². The SMILES string of the molecule is CC(=O)c1c(C)[nH]c(C(=O)Nc2c(C)nn(-c3ccccc3)c2C)c1C.